The second-order valence-corrected chi connectivity index (χ2v) is 15.6. The maximum atomic E-state index is 4.32. The molecule has 3 aromatic heterocycles. The highest BCUT2D eigenvalue weighted by molar-refractivity contribution is 6.11. The molecule has 0 aliphatic rings. The van der Waals surface area contributed by atoms with E-state index in [2.05, 4.69) is 203 Å². The number of rotatable bonds is 8. The van der Waals surface area contributed by atoms with Crippen molar-refractivity contribution in [1.29, 1.82) is 0 Å². The van der Waals surface area contributed by atoms with E-state index in [-0.39, 0.29) is 0 Å². The van der Waals surface area contributed by atoms with E-state index in [9.17, 15) is 0 Å². The molecular weight excluding hydrogens is 733 g/mol. The number of aromatic nitrogens is 5. The molecule has 0 bridgehead atoms. The highest BCUT2D eigenvalue weighted by atomic mass is 15.1. The molecule has 0 saturated heterocycles. The zero-order chi connectivity index (χ0) is 40.7. The van der Waals surface area contributed by atoms with E-state index in [4.69, 9.17) is 0 Å². The fourth-order valence-electron chi connectivity index (χ4n) is 9.08. The van der Waals surface area contributed by atoms with Crippen LogP contribution in [0, 0.1) is 27.7 Å². The topological polar surface area (TPSA) is 59.7 Å². The highest BCUT2D eigenvalue weighted by Gasteiger charge is 2.20. The second-order valence-electron chi connectivity index (χ2n) is 15.6. The number of hydrogen-bond acceptors (Lipinski definition) is 5. The van der Waals surface area contributed by atoms with Crippen molar-refractivity contribution >= 4 is 38.9 Å². The third kappa shape index (κ3) is 6.58. The average molecular weight is 775 g/mol. The van der Waals surface area contributed by atoms with Gasteiger partial charge < -0.3 is 9.47 Å². The molecule has 0 unspecified atom stereocenters. The molecule has 10 aromatic rings. The number of fused-ring (bicyclic) bond motifs is 3. The van der Waals surface area contributed by atoms with E-state index in [1.165, 1.54) is 44.2 Å². The van der Waals surface area contributed by atoms with Crippen molar-refractivity contribution in [2.75, 3.05) is 4.90 Å². The normalized spacial score (nSPS) is 11.3. The lowest BCUT2D eigenvalue weighted by molar-refractivity contribution is 1.16. The summed E-state index contributed by atoms with van der Waals surface area (Å²) in [6.07, 6.45) is 10.7. The van der Waals surface area contributed by atoms with Crippen LogP contribution in [0.25, 0.3) is 72.0 Å². The van der Waals surface area contributed by atoms with Gasteiger partial charge in [-0.25, -0.2) is 19.9 Å². The summed E-state index contributed by atoms with van der Waals surface area (Å²) in [6.45, 7) is 8.73. The van der Waals surface area contributed by atoms with Gasteiger partial charge in [0, 0.05) is 69.4 Å². The molecule has 6 heteroatoms. The number of nitrogens with zero attached hydrogens (tertiary/aromatic N) is 6. The van der Waals surface area contributed by atoms with Crippen LogP contribution in [0.2, 0.25) is 0 Å². The van der Waals surface area contributed by atoms with E-state index in [0.29, 0.717) is 0 Å². The molecule has 0 amide bonds. The summed E-state index contributed by atoms with van der Waals surface area (Å²) in [5, 5.41) is 2.39. The average Bonchev–Trinajstić information content (AvgIpc) is 3.61. The molecule has 0 spiro atoms. The standard InChI is InChI=1S/C54H42N6/c1-35-21-39(22-36(2)53(35)43-29-55-33-56-30-43)41-25-42(40-23-37(3)54(38(4)24-40)44-31-57-34-58-32-44)27-48(26-41)60-51-18-12-11-17-49(51)50-28-47(19-20-52(50)60)59(45-13-7-5-8-14-45)46-15-9-6-10-16-46/h5-34H,1-4H3. The molecule has 288 valence electrons. The van der Waals surface area contributed by atoms with Gasteiger partial charge in [0.2, 0.25) is 0 Å². The minimum Gasteiger partial charge on any atom is -0.310 e. The van der Waals surface area contributed by atoms with Gasteiger partial charge in [0.05, 0.1) is 11.0 Å². The lowest BCUT2D eigenvalue weighted by Gasteiger charge is -2.25. The molecule has 0 fully saturated rings. The van der Waals surface area contributed by atoms with E-state index < -0.39 is 0 Å². The molecule has 0 aliphatic carbocycles. The Balaban J connectivity index is 1.19. The molecule has 0 aliphatic heterocycles. The Hall–Kier alpha value is -7.70. The van der Waals surface area contributed by atoms with Gasteiger partial charge in [0.1, 0.15) is 12.7 Å². The van der Waals surface area contributed by atoms with Crippen LogP contribution in [-0.2, 0) is 0 Å². The number of benzene rings is 7. The summed E-state index contributed by atoms with van der Waals surface area (Å²) < 4.78 is 2.43. The Labute approximate surface area is 350 Å². The molecule has 0 N–H and O–H groups in total. The Morgan fingerprint density at radius 3 is 1.30 bits per heavy atom. The predicted molar refractivity (Wildman–Crippen MR) is 247 cm³/mol. The van der Waals surface area contributed by atoms with Crippen LogP contribution in [0.1, 0.15) is 22.3 Å². The second kappa shape index (κ2) is 15.2. The fourth-order valence-corrected chi connectivity index (χ4v) is 9.08. The first-order valence-corrected chi connectivity index (χ1v) is 20.2. The largest absolute Gasteiger partial charge is 0.310 e. The van der Waals surface area contributed by atoms with Gasteiger partial charge in [0.15, 0.2) is 0 Å². The monoisotopic (exact) mass is 774 g/mol. The van der Waals surface area contributed by atoms with Crippen LogP contribution in [0.15, 0.2) is 183 Å². The quantitative estimate of drug-likeness (QED) is 0.154. The number of aryl methyl sites for hydroxylation is 4. The number of anilines is 3. The van der Waals surface area contributed by atoms with Crippen molar-refractivity contribution in [3.8, 4) is 50.2 Å². The molecule has 0 radical (unpaired) electrons. The van der Waals surface area contributed by atoms with E-state index in [1.807, 2.05) is 24.8 Å². The Bertz CT molecular complexity index is 2980. The summed E-state index contributed by atoms with van der Waals surface area (Å²) in [7, 11) is 0. The Kier molecular flexibility index (Phi) is 9.30. The molecule has 7 aromatic carbocycles. The first-order valence-electron chi connectivity index (χ1n) is 20.2. The third-order valence-electron chi connectivity index (χ3n) is 11.5. The van der Waals surface area contributed by atoms with Gasteiger partial charge in [-0.2, -0.15) is 0 Å². The summed E-state index contributed by atoms with van der Waals surface area (Å²) in [4.78, 5) is 19.6. The minimum absolute atomic E-state index is 1.02. The maximum absolute atomic E-state index is 4.32. The minimum atomic E-state index is 1.02. The SMILES string of the molecule is Cc1cc(-c2cc(-c3cc(C)c(-c4cncnc4)c(C)c3)cc(-n3c4ccccc4c4cc(N(c5ccccc5)c5ccccc5)ccc43)c2)cc(C)c1-c1cncnc1. The number of hydrogen-bond donors (Lipinski definition) is 0. The van der Waals surface area contributed by atoms with Crippen LogP contribution in [0.5, 0.6) is 0 Å². The van der Waals surface area contributed by atoms with Crippen LogP contribution in [-0.4, -0.2) is 24.5 Å². The van der Waals surface area contributed by atoms with Gasteiger partial charge in [-0.15, -0.1) is 0 Å². The van der Waals surface area contributed by atoms with Crippen molar-refractivity contribution in [1.82, 2.24) is 24.5 Å². The molecule has 3 heterocycles. The molecule has 60 heavy (non-hydrogen) atoms. The van der Waals surface area contributed by atoms with Gasteiger partial charge in [-0.1, -0.05) is 78.9 Å². The van der Waals surface area contributed by atoms with E-state index in [0.717, 1.165) is 67.2 Å². The van der Waals surface area contributed by atoms with Crippen LogP contribution < -0.4 is 4.90 Å². The smallest absolute Gasteiger partial charge is 0.115 e. The van der Waals surface area contributed by atoms with Gasteiger partial charge in [-0.05, 0) is 150 Å². The summed E-state index contributed by atoms with van der Waals surface area (Å²) in [5.74, 6) is 0. The van der Waals surface area contributed by atoms with Gasteiger partial charge in [-0.3, -0.25) is 0 Å². The van der Waals surface area contributed by atoms with E-state index >= 15 is 0 Å². The van der Waals surface area contributed by atoms with Gasteiger partial charge >= 0.3 is 0 Å². The fraction of sp³-hybridized carbons (Fsp3) is 0.0741. The summed E-state index contributed by atoms with van der Waals surface area (Å²) >= 11 is 0. The first kappa shape index (κ1) is 36.6. The van der Waals surface area contributed by atoms with Crippen molar-refractivity contribution in [2.24, 2.45) is 0 Å². The Morgan fingerprint density at radius 1 is 0.367 bits per heavy atom. The van der Waals surface area contributed by atoms with Crippen LogP contribution >= 0.6 is 0 Å². The van der Waals surface area contributed by atoms with Crippen molar-refractivity contribution in [3.63, 3.8) is 0 Å². The third-order valence-corrected chi connectivity index (χ3v) is 11.5. The van der Waals surface area contributed by atoms with E-state index in [1.54, 1.807) is 12.7 Å². The Morgan fingerprint density at radius 2 is 0.800 bits per heavy atom. The highest BCUT2D eigenvalue weighted by Crippen LogP contribution is 2.42. The molecular formula is C54H42N6. The van der Waals surface area contributed by atoms with Gasteiger partial charge in [0.25, 0.3) is 0 Å². The zero-order valence-electron chi connectivity index (χ0n) is 34.0. The van der Waals surface area contributed by atoms with Crippen molar-refractivity contribution in [2.45, 2.75) is 27.7 Å². The molecule has 10 rings (SSSR count). The first-order chi connectivity index (χ1) is 29.4. The lowest BCUT2D eigenvalue weighted by Crippen LogP contribution is -2.09. The number of para-hydroxylation sites is 3. The van der Waals surface area contributed by atoms with Crippen molar-refractivity contribution in [3.05, 3.63) is 205 Å². The molecule has 0 atom stereocenters. The van der Waals surface area contributed by atoms with Crippen LogP contribution in [0.4, 0.5) is 17.1 Å². The summed E-state index contributed by atoms with van der Waals surface area (Å²) in [6, 6.07) is 53.1. The van der Waals surface area contributed by atoms with Crippen molar-refractivity contribution < 1.29 is 0 Å². The zero-order valence-corrected chi connectivity index (χ0v) is 34.0. The predicted octanol–water partition coefficient (Wildman–Crippen LogP) is 13.7. The molecule has 0 saturated carbocycles. The van der Waals surface area contributed by atoms with Crippen LogP contribution in [0.3, 0.4) is 0 Å². The maximum Gasteiger partial charge on any atom is 0.115 e. The summed E-state index contributed by atoms with van der Waals surface area (Å²) in [5.41, 5.74) is 20.4. The lowest BCUT2D eigenvalue weighted by atomic mass is 9.89. The molecule has 6 nitrogen and oxygen atoms in total.